The quantitative estimate of drug-likeness (QED) is 0.101. The SMILES string of the molecule is C#Cc1c(F)ccc2cc(O)cc(-c3ncc4c(N5CC6CCC(C5)N6C(=O)C(=N)c5ccc(F)cc5)nc(OCC56CCCN5CC(F)C6)nc4c3F)c12.CC. The Kier molecular flexibility index (Phi) is 9.97. The zero-order valence-corrected chi connectivity index (χ0v) is 31.5. The fraction of sp³-hybridized carbons (Fsp3) is 0.372. The number of ether oxygens (including phenoxy) is 1. The van der Waals surface area contributed by atoms with Crippen molar-refractivity contribution < 1.29 is 32.2 Å². The van der Waals surface area contributed by atoms with E-state index in [1.54, 1.807) is 4.90 Å². The van der Waals surface area contributed by atoms with Gasteiger partial charge in [-0.25, -0.2) is 17.6 Å². The van der Waals surface area contributed by atoms with Crippen LogP contribution < -0.4 is 9.64 Å². The lowest BCUT2D eigenvalue weighted by Crippen LogP contribution is -2.57. The first-order valence-electron chi connectivity index (χ1n) is 19.3. The average molecular weight is 780 g/mol. The molecule has 9 rings (SSSR count). The van der Waals surface area contributed by atoms with E-state index in [0.29, 0.717) is 55.7 Å². The van der Waals surface area contributed by atoms with Crippen LogP contribution in [0.2, 0.25) is 0 Å². The van der Waals surface area contributed by atoms with Gasteiger partial charge in [-0.1, -0.05) is 25.8 Å². The summed E-state index contributed by atoms with van der Waals surface area (Å²) in [5.41, 5.74) is -0.860. The number of carbonyl (C=O) groups is 1. The Labute approximate surface area is 327 Å². The summed E-state index contributed by atoms with van der Waals surface area (Å²) in [6.07, 6.45) is 9.40. The van der Waals surface area contributed by atoms with Crippen LogP contribution in [0.4, 0.5) is 23.4 Å². The Bertz CT molecular complexity index is 2440. The van der Waals surface area contributed by atoms with E-state index in [0.717, 1.165) is 19.4 Å². The topological polar surface area (TPSA) is 119 Å². The summed E-state index contributed by atoms with van der Waals surface area (Å²) < 4.78 is 66.5. The van der Waals surface area contributed by atoms with Crippen LogP contribution in [0.15, 0.2) is 54.7 Å². The average Bonchev–Trinajstić information content (AvgIpc) is 3.83. The predicted molar refractivity (Wildman–Crippen MR) is 209 cm³/mol. The number of terminal acetylenes is 1. The molecule has 57 heavy (non-hydrogen) atoms. The Balaban J connectivity index is 0.00000224. The van der Waals surface area contributed by atoms with Crippen molar-refractivity contribution in [3.63, 3.8) is 0 Å². The number of amides is 1. The second kappa shape index (κ2) is 14.9. The van der Waals surface area contributed by atoms with Crippen molar-refractivity contribution in [2.45, 2.75) is 69.7 Å². The molecule has 4 aliphatic heterocycles. The lowest BCUT2D eigenvalue weighted by atomic mass is 9.95. The third kappa shape index (κ3) is 6.57. The number of alkyl halides is 1. The third-order valence-electron chi connectivity index (χ3n) is 11.7. The number of anilines is 1. The first kappa shape index (κ1) is 38.1. The molecule has 4 atom stereocenters. The van der Waals surface area contributed by atoms with E-state index in [4.69, 9.17) is 21.6 Å². The Morgan fingerprint density at radius 1 is 1.05 bits per heavy atom. The fourth-order valence-corrected chi connectivity index (χ4v) is 9.19. The van der Waals surface area contributed by atoms with Gasteiger partial charge in [-0.3, -0.25) is 20.1 Å². The highest BCUT2D eigenvalue weighted by atomic mass is 19.1. The summed E-state index contributed by atoms with van der Waals surface area (Å²) in [6, 6.07) is 9.81. The molecule has 4 unspecified atom stereocenters. The molecule has 0 saturated carbocycles. The van der Waals surface area contributed by atoms with Gasteiger partial charge in [0, 0.05) is 48.8 Å². The van der Waals surface area contributed by atoms with E-state index in [-0.39, 0.29) is 69.3 Å². The molecule has 14 heteroatoms. The van der Waals surface area contributed by atoms with Gasteiger partial charge in [-0.05, 0) is 80.1 Å². The number of nitrogens with one attached hydrogen (secondary N) is 1. The number of hydrogen-bond donors (Lipinski definition) is 2. The van der Waals surface area contributed by atoms with Gasteiger partial charge in [0.15, 0.2) is 5.82 Å². The highest BCUT2D eigenvalue weighted by molar-refractivity contribution is 6.44. The molecule has 6 heterocycles. The van der Waals surface area contributed by atoms with Gasteiger partial charge in [0.05, 0.1) is 28.6 Å². The van der Waals surface area contributed by atoms with Gasteiger partial charge in [-0.2, -0.15) is 9.97 Å². The number of halogens is 4. The zero-order chi connectivity index (χ0) is 40.2. The summed E-state index contributed by atoms with van der Waals surface area (Å²) in [7, 11) is 0. The minimum atomic E-state index is -0.989. The van der Waals surface area contributed by atoms with Crippen LogP contribution in [0.25, 0.3) is 32.9 Å². The predicted octanol–water partition coefficient (Wildman–Crippen LogP) is 7.18. The standard InChI is InChI=1S/C41H35F4N7O3.C2H6/c1-2-29-32(44)11-6-23-14-28(53)15-30(33(23)29)36-34(45)37-31(17-47-36)38(49-40(48-37)55-21-41-12-3-13-51(41)18-25(43)16-41)50-19-26-9-10-27(20-50)52(26)39(54)35(46)22-4-7-24(42)8-5-22;1-2/h1,4-8,11,14-15,17,25-27,46,53H,3,9-10,12-13,16,18-21H2;1-2H3. The number of pyridine rings is 1. The van der Waals surface area contributed by atoms with E-state index in [1.807, 2.05) is 18.7 Å². The van der Waals surface area contributed by atoms with Crippen LogP contribution in [0.3, 0.4) is 0 Å². The lowest BCUT2D eigenvalue weighted by Gasteiger charge is -2.42. The normalized spacial score (nSPS) is 22.6. The minimum absolute atomic E-state index is 0.0682. The highest BCUT2D eigenvalue weighted by Crippen LogP contribution is 2.42. The molecular formula is C43H41F4N7O3. The van der Waals surface area contributed by atoms with Crippen molar-refractivity contribution in [2.75, 3.05) is 37.7 Å². The molecule has 294 valence electrons. The monoisotopic (exact) mass is 779 g/mol. The zero-order valence-electron chi connectivity index (χ0n) is 31.5. The summed E-state index contributed by atoms with van der Waals surface area (Å²) in [5, 5.41) is 20.1. The van der Waals surface area contributed by atoms with E-state index in [1.165, 1.54) is 54.7 Å². The molecule has 4 aliphatic rings. The van der Waals surface area contributed by atoms with E-state index < -0.39 is 35.1 Å². The van der Waals surface area contributed by atoms with Crippen LogP contribution in [0, 0.1) is 35.2 Å². The first-order valence-corrected chi connectivity index (χ1v) is 19.3. The number of hydrogen-bond acceptors (Lipinski definition) is 9. The Morgan fingerprint density at radius 3 is 2.51 bits per heavy atom. The largest absolute Gasteiger partial charge is 0.508 e. The Hall–Kier alpha value is -5.81. The summed E-state index contributed by atoms with van der Waals surface area (Å²) >= 11 is 0. The fourth-order valence-electron chi connectivity index (χ4n) is 9.19. The molecule has 4 fully saturated rings. The van der Waals surface area contributed by atoms with E-state index in [2.05, 4.69) is 20.8 Å². The van der Waals surface area contributed by atoms with Crippen LogP contribution in [-0.4, -0.2) is 98.1 Å². The maximum atomic E-state index is 17.1. The van der Waals surface area contributed by atoms with Crippen molar-refractivity contribution in [3.8, 4) is 35.4 Å². The van der Waals surface area contributed by atoms with Crippen molar-refractivity contribution in [1.29, 1.82) is 5.41 Å². The highest BCUT2D eigenvalue weighted by Gasteiger charge is 2.50. The number of benzene rings is 3. The van der Waals surface area contributed by atoms with Crippen LogP contribution in [0.5, 0.6) is 11.8 Å². The van der Waals surface area contributed by atoms with Crippen LogP contribution in [-0.2, 0) is 4.79 Å². The number of nitrogens with zero attached hydrogens (tertiary/aromatic N) is 6. The Morgan fingerprint density at radius 2 is 1.79 bits per heavy atom. The van der Waals surface area contributed by atoms with Crippen LogP contribution in [0.1, 0.15) is 57.1 Å². The molecule has 2 bridgehead atoms. The number of fused-ring (bicyclic) bond motifs is 5. The van der Waals surface area contributed by atoms with Crippen molar-refractivity contribution >= 4 is 39.1 Å². The number of aromatic nitrogens is 3. The number of carbonyl (C=O) groups excluding carboxylic acids is 1. The molecule has 0 radical (unpaired) electrons. The first-order chi connectivity index (χ1) is 27.5. The molecule has 3 aromatic carbocycles. The van der Waals surface area contributed by atoms with Gasteiger partial charge in [-0.15, -0.1) is 6.42 Å². The van der Waals surface area contributed by atoms with Gasteiger partial charge in [0.25, 0.3) is 5.91 Å². The minimum Gasteiger partial charge on any atom is -0.508 e. The number of aromatic hydroxyl groups is 1. The maximum Gasteiger partial charge on any atom is 0.319 e. The van der Waals surface area contributed by atoms with E-state index in [9.17, 15) is 23.1 Å². The molecule has 1 amide bonds. The van der Waals surface area contributed by atoms with Gasteiger partial charge >= 0.3 is 6.01 Å². The van der Waals surface area contributed by atoms with Gasteiger partial charge < -0.3 is 19.6 Å². The molecule has 4 saturated heterocycles. The summed E-state index contributed by atoms with van der Waals surface area (Å²) in [5.74, 6) is -0.0249. The number of phenols is 1. The molecule has 5 aromatic rings. The van der Waals surface area contributed by atoms with Crippen molar-refractivity contribution in [2.24, 2.45) is 0 Å². The second-order valence-corrected chi connectivity index (χ2v) is 14.9. The molecule has 2 aromatic heterocycles. The molecule has 0 spiro atoms. The third-order valence-corrected chi connectivity index (χ3v) is 11.7. The lowest BCUT2D eigenvalue weighted by molar-refractivity contribution is -0.127. The van der Waals surface area contributed by atoms with Crippen molar-refractivity contribution in [1.82, 2.24) is 24.8 Å². The summed E-state index contributed by atoms with van der Waals surface area (Å²) in [6.45, 7) is 5.77. The summed E-state index contributed by atoms with van der Waals surface area (Å²) in [4.78, 5) is 33.2. The maximum absolute atomic E-state index is 17.1. The molecule has 2 N–H and O–H groups in total. The van der Waals surface area contributed by atoms with Crippen LogP contribution >= 0.6 is 0 Å². The van der Waals surface area contributed by atoms with Gasteiger partial charge in [0.1, 0.15) is 52.9 Å². The second-order valence-electron chi connectivity index (χ2n) is 14.9. The number of rotatable bonds is 7. The number of piperazine rings is 1. The van der Waals surface area contributed by atoms with Crippen molar-refractivity contribution in [3.05, 3.63) is 83.3 Å². The van der Waals surface area contributed by atoms with E-state index >= 15 is 4.39 Å². The number of phenolic OH excluding ortho intramolecular Hbond substituents is 1. The smallest absolute Gasteiger partial charge is 0.319 e. The molecular weight excluding hydrogens is 739 g/mol. The van der Waals surface area contributed by atoms with Gasteiger partial charge in [0.2, 0.25) is 0 Å². The molecule has 10 nitrogen and oxygen atoms in total. The molecule has 0 aliphatic carbocycles.